The van der Waals surface area contributed by atoms with Gasteiger partial charge in [0, 0.05) is 21.9 Å². The molecule has 0 saturated carbocycles. The van der Waals surface area contributed by atoms with Crippen molar-refractivity contribution in [2.45, 2.75) is 52.4 Å². The van der Waals surface area contributed by atoms with Crippen molar-refractivity contribution in [2.75, 3.05) is 0 Å². The maximum Gasteiger partial charge on any atom is 0.167 e. The Morgan fingerprint density at radius 3 is 1.15 bits per heavy atom. The highest BCUT2D eigenvalue weighted by Gasteiger charge is 2.22. The summed E-state index contributed by atoms with van der Waals surface area (Å²) in [5.74, 6) is 1.77. The molecule has 0 amide bonds. The molecule has 0 atom stereocenters. The van der Waals surface area contributed by atoms with Gasteiger partial charge in [-0.05, 0) is 90.0 Å². The van der Waals surface area contributed by atoms with Crippen LogP contribution in [0.25, 0.3) is 99.9 Å². The van der Waals surface area contributed by atoms with Crippen LogP contribution in [0.5, 0.6) is 0 Å². The average Bonchev–Trinajstić information content (AvgIpc) is 3.64. The van der Waals surface area contributed by atoms with Crippen LogP contribution in [0.1, 0.15) is 52.7 Å². The molecule has 2 heterocycles. The van der Waals surface area contributed by atoms with Crippen molar-refractivity contribution < 1.29 is 4.42 Å². The molecule has 4 heteroatoms. The van der Waals surface area contributed by atoms with Crippen molar-refractivity contribution in [1.29, 1.82) is 0 Å². The molecule has 0 aliphatic carbocycles. The smallest absolute Gasteiger partial charge is 0.167 e. The molecule has 0 saturated heterocycles. The van der Waals surface area contributed by atoms with E-state index in [9.17, 15) is 0 Å². The molecule has 0 N–H and O–H groups in total. The topological polar surface area (TPSA) is 51.8 Å². The monoisotopic (exact) mass is 763 g/mol. The van der Waals surface area contributed by atoms with E-state index in [0.717, 1.165) is 60.2 Å². The standard InChI is InChI=1S/C55H45N3O/c1-54(2,3)36-26-22-34(23-27-36)38-30-32-46(42-16-9-7-14-40(38)42)51-56-52(58-53(57-51)48-20-13-19-45-44-18-11-12-21-49(44)59-50(45)48)47-33-31-39(41-15-8-10-17-43(41)47)35-24-28-37(29-25-35)55(4,5)6/h7-33H,1-6H3. The van der Waals surface area contributed by atoms with E-state index in [1.165, 1.54) is 33.4 Å². The number of benzene rings is 8. The van der Waals surface area contributed by atoms with E-state index in [4.69, 9.17) is 19.4 Å². The molecule has 59 heavy (non-hydrogen) atoms. The van der Waals surface area contributed by atoms with Gasteiger partial charge in [-0.25, -0.2) is 15.0 Å². The SMILES string of the molecule is CC(C)(C)c1ccc(-c2ccc(-c3nc(-c4ccc(-c5ccc(C(C)(C)C)cc5)c5ccccc45)nc(-c4cccc5c4oc4ccccc45)n3)c3ccccc23)cc1. The van der Waals surface area contributed by atoms with Crippen molar-refractivity contribution in [3.8, 4) is 56.4 Å². The summed E-state index contributed by atoms with van der Waals surface area (Å²) >= 11 is 0. The van der Waals surface area contributed by atoms with E-state index in [-0.39, 0.29) is 10.8 Å². The minimum absolute atomic E-state index is 0.0780. The molecule has 0 spiro atoms. The van der Waals surface area contributed by atoms with E-state index >= 15 is 0 Å². The lowest BCUT2D eigenvalue weighted by Gasteiger charge is -2.19. The molecule has 0 unspecified atom stereocenters. The fraction of sp³-hybridized carbons (Fsp3) is 0.145. The minimum Gasteiger partial charge on any atom is -0.455 e. The molecule has 0 aliphatic heterocycles. The van der Waals surface area contributed by atoms with E-state index in [0.29, 0.717) is 17.5 Å². The Hall–Kier alpha value is -6.91. The van der Waals surface area contributed by atoms with Crippen molar-refractivity contribution in [1.82, 2.24) is 15.0 Å². The van der Waals surface area contributed by atoms with Gasteiger partial charge < -0.3 is 4.42 Å². The van der Waals surface area contributed by atoms with Crippen LogP contribution in [0.3, 0.4) is 0 Å². The van der Waals surface area contributed by atoms with Gasteiger partial charge in [0.25, 0.3) is 0 Å². The van der Waals surface area contributed by atoms with E-state index in [1.54, 1.807) is 0 Å². The molecule has 0 aliphatic rings. The van der Waals surface area contributed by atoms with Crippen molar-refractivity contribution in [2.24, 2.45) is 0 Å². The predicted molar refractivity (Wildman–Crippen MR) is 247 cm³/mol. The van der Waals surface area contributed by atoms with Gasteiger partial charge >= 0.3 is 0 Å². The first-order chi connectivity index (χ1) is 28.5. The summed E-state index contributed by atoms with van der Waals surface area (Å²) in [5, 5.41) is 6.53. The number of aromatic nitrogens is 3. The molecule has 10 rings (SSSR count). The summed E-state index contributed by atoms with van der Waals surface area (Å²) in [4.78, 5) is 16.0. The van der Waals surface area contributed by atoms with E-state index < -0.39 is 0 Å². The summed E-state index contributed by atoms with van der Waals surface area (Å²) in [6.07, 6.45) is 0. The van der Waals surface area contributed by atoms with Gasteiger partial charge in [0.2, 0.25) is 0 Å². The number of nitrogens with zero attached hydrogens (tertiary/aromatic N) is 3. The number of hydrogen-bond acceptors (Lipinski definition) is 4. The van der Waals surface area contributed by atoms with Crippen molar-refractivity contribution in [3.05, 3.63) is 175 Å². The van der Waals surface area contributed by atoms with Gasteiger partial charge in [-0.15, -0.1) is 0 Å². The summed E-state index contributed by atoms with van der Waals surface area (Å²) in [5.41, 5.74) is 11.8. The Bertz CT molecular complexity index is 3060. The lowest BCUT2D eigenvalue weighted by atomic mass is 9.85. The third-order valence-electron chi connectivity index (χ3n) is 11.7. The zero-order chi connectivity index (χ0) is 40.5. The second kappa shape index (κ2) is 13.9. The highest BCUT2D eigenvalue weighted by molar-refractivity contribution is 6.10. The summed E-state index contributed by atoms with van der Waals surface area (Å²) < 4.78 is 6.56. The summed E-state index contributed by atoms with van der Waals surface area (Å²) in [6, 6.07) is 58.2. The van der Waals surface area contributed by atoms with Crippen molar-refractivity contribution in [3.63, 3.8) is 0 Å². The molecule has 10 aromatic rings. The Kier molecular flexibility index (Phi) is 8.57. The van der Waals surface area contributed by atoms with Gasteiger partial charge in [0.05, 0.1) is 5.56 Å². The summed E-state index contributed by atoms with van der Waals surface area (Å²) in [6.45, 7) is 13.5. The quantitative estimate of drug-likeness (QED) is 0.175. The van der Waals surface area contributed by atoms with Gasteiger partial charge in [-0.2, -0.15) is 0 Å². The number of para-hydroxylation sites is 2. The Labute approximate surface area is 345 Å². The zero-order valence-electron chi connectivity index (χ0n) is 34.3. The number of rotatable bonds is 5. The molecular weight excluding hydrogens is 719 g/mol. The van der Waals surface area contributed by atoms with Crippen molar-refractivity contribution >= 4 is 43.5 Å². The average molecular weight is 764 g/mol. The number of furan rings is 1. The van der Waals surface area contributed by atoms with Crippen LogP contribution >= 0.6 is 0 Å². The first-order valence-corrected chi connectivity index (χ1v) is 20.4. The molecule has 2 aromatic heterocycles. The molecule has 286 valence electrons. The molecule has 8 aromatic carbocycles. The number of hydrogen-bond donors (Lipinski definition) is 0. The second-order valence-electron chi connectivity index (χ2n) is 17.7. The molecule has 4 nitrogen and oxygen atoms in total. The highest BCUT2D eigenvalue weighted by atomic mass is 16.3. The third kappa shape index (κ3) is 6.46. The molecular formula is C55H45N3O. The first-order valence-electron chi connectivity index (χ1n) is 20.4. The largest absolute Gasteiger partial charge is 0.455 e. The van der Waals surface area contributed by atoms with E-state index in [1.807, 2.05) is 18.2 Å². The van der Waals surface area contributed by atoms with Crippen LogP contribution < -0.4 is 0 Å². The van der Waals surface area contributed by atoms with Crippen LogP contribution in [0.15, 0.2) is 168 Å². The van der Waals surface area contributed by atoms with Gasteiger partial charge in [0.15, 0.2) is 17.5 Å². The van der Waals surface area contributed by atoms with Crippen LogP contribution in [-0.2, 0) is 10.8 Å². The minimum atomic E-state index is 0.0780. The molecule has 0 bridgehead atoms. The number of fused-ring (bicyclic) bond motifs is 5. The fourth-order valence-electron chi connectivity index (χ4n) is 8.45. The fourth-order valence-corrected chi connectivity index (χ4v) is 8.45. The summed E-state index contributed by atoms with van der Waals surface area (Å²) in [7, 11) is 0. The lowest BCUT2D eigenvalue weighted by molar-refractivity contribution is 0.590. The van der Waals surface area contributed by atoms with Crippen LogP contribution in [0.4, 0.5) is 0 Å². The van der Waals surface area contributed by atoms with Crippen LogP contribution in [0, 0.1) is 0 Å². The molecule has 0 fully saturated rings. The van der Waals surface area contributed by atoms with Gasteiger partial charge in [0.1, 0.15) is 11.2 Å². The second-order valence-corrected chi connectivity index (χ2v) is 17.7. The lowest BCUT2D eigenvalue weighted by Crippen LogP contribution is -2.10. The third-order valence-corrected chi connectivity index (χ3v) is 11.7. The normalized spacial score (nSPS) is 12.2. The Balaban J connectivity index is 1.19. The zero-order valence-corrected chi connectivity index (χ0v) is 34.3. The highest BCUT2D eigenvalue weighted by Crippen LogP contribution is 2.41. The Morgan fingerprint density at radius 1 is 0.322 bits per heavy atom. The van der Waals surface area contributed by atoms with Crippen LogP contribution in [0.2, 0.25) is 0 Å². The first kappa shape index (κ1) is 36.4. The van der Waals surface area contributed by atoms with Crippen LogP contribution in [-0.4, -0.2) is 15.0 Å². The van der Waals surface area contributed by atoms with E-state index in [2.05, 4.69) is 187 Å². The van der Waals surface area contributed by atoms with Gasteiger partial charge in [-0.3, -0.25) is 0 Å². The maximum absolute atomic E-state index is 6.56. The predicted octanol–water partition coefficient (Wildman–Crippen LogP) is 15.0. The maximum atomic E-state index is 6.56. The van der Waals surface area contributed by atoms with Gasteiger partial charge in [-0.1, -0.05) is 181 Å². The molecule has 0 radical (unpaired) electrons. The Morgan fingerprint density at radius 2 is 0.695 bits per heavy atom.